The second-order valence-electron chi connectivity index (χ2n) is 7.53. The Labute approximate surface area is 184 Å². The van der Waals surface area contributed by atoms with Crippen LogP contribution >= 0.6 is 28.3 Å². The maximum absolute atomic E-state index is 13.2. The normalized spacial score (nSPS) is 15.1. The third-order valence-electron chi connectivity index (χ3n) is 5.74. The van der Waals surface area contributed by atoms with E-state index in [1.54, 1.807) is 0 Å². The highest BCUT2D eigenvalue weighted by atomic mass is 79.9. The van der Waals surface area contributed by atoms with Crippen LogP contribution in [0.25, 0.3) is 16.8 Å². The van der Waals surface area contributed by atoms with Gasteiger partial charge in [0.05, 0.1) is 21.6 Å². The fraction of sp³-hybridized carbons (Fsp3) is 0.364. The first-order chi connectivity index (χ1) is 13.7. The molecule has 5 nitrogen and oxygen atoms in total. The lowest BCUT2D eigenvalue weighted by Crippen LogP contribution is -2.32. The molecule has 7 heteroatoms. The summed E-state index contributed by atoms with van der Waals surface area (Å²) in [6, 6.07) is 12.1. The van der Waals surface area contributed by atoms with Crippen molar-refractivity contribution in [3.05, 3.63) is 58.0 Å². The van der Waals surface area contributed by atoms with Gasteiger partial charge in [0.1, 0.15) is 5.69 Å². The van der Waals surface area contributed by atoms with Gasteiger partial charge in [0.25, 0.3) is 0 Å². The first kappa shape index (κ1) is 20.3. The quantitative estimate of drug-likeness (QED) is 0.385. The molecule has 0 unspecified atom stereocenters. The third-order valence-corrected chi connectivity index (χ3v) is 6.61. The number of nitrogens with zero attached hydrogens (tertiary/aromatic N) is 4. The second kappa shape index (κ2) is 8.42. The van der Waals surface area contributed by atoms with Gasteiger partial charge in [-0.05, 0) is 56.4 Å². The number of hydrogen-bond acceptors (Lipinski definition) is 4. The number of carbonyl (C=O) groups excluding carboxylic acids is 1. The molecule has 0 saturated carbocycles. The Kier molecular flexibility index (Phi) is 5.90. The van der Waals surface area contributed by atoms with Crippen molar-refractivity contribution in [3.63, 3.8) is 0 Å². The molecule has 1 saturated heterocycles. The van der Waals surface area contributed by atoms with Crippen LogP contribution < -0.4 is 0 Å². The zero-order valence-electron chi connectivity index (χ0n) is 16.5. The molecule has 4 aromatic rings. The predicted octanol–water partition coefficient (Wildman–Crippen LogP) is 4.95. The van der Waals surface area contributed by atoms with Crippen LogP contribution in [-0.4, -0.2) is 44.3 Å². The Morgan fingerprint density at radius 3 is 2.52 bits per heavy atom. The highest BCUT2D eigenvalue weighted by Gasteiger charge is 2.24. The summed E-state index contributed by atoms with van der Waals surface area (Å²) in [4.78, 5) is 21.3. The van der Waals surface area contributed by atoms with E-state index in [-0.39, 0.29) is 22.8 Å². The zero-order valence-corrected chi connectivity index (χ0v) is 19.0. The Hall–Kier alpha value is -1.96. The second-order valence-corrected chi connectivity index (χ2v) is 8.48. The minimum atomic E-state index is 0. The Morgan fingerprint density at radius 2 is 1.79 bits per heavy atom. The van der Waals surface area contributed by atoms with E-state index in [2.05, 4.69) is 32.1 Å². The lowest BCUT2D eigenvalue weighted by atomic mass is 10.1. The summed E-state index contributed by atoms with van der Waals surface area (Å²) < 4.78 is 4.34. The number of piperidine rings is 1. The van der Waals surface area contributed by atoms with E-state index in [4.69, 9.17) is 4.98 Å². The van der Waals surface area contributed by atoms with Gasteiger partial charge >= 0.3 is 0 Å². The van der Waals surface area contributed by atoms with E-state index in [0.29, 0.717) is 5.69 Å². The number of fused-ring (bicyclic) bond motifs is 3. The molecule has 1 aromatic carbocycles. The molecule has 1 aliphatic heterocycles. The Bertz CT molecular complexity index is 1140. The highest BCUT2D eigenvalue weighted by Crippen LogP contribution is 2.27. The summed E-state index contributed by atoms with van der Waals surface area (Å²) in [5, 5.41) is 1.95. The van der Waals surface area contributed by atoms with Crippen molar-refractivity contribution in [3.8, 4) is 0 Å². The number of carbonyl (C=O) groups is 1. The van der Waals surface area contributed by atoms with Crippen molar-refractivity contribution >= 4 is 50.9 Å². The number of likely N-dealkylation sites (tertiary alicyclic amines) is 1. The van der Waals surface area contributed by atoms with Crippen LogP contribution in [0.5, 0.6) is 0 Å². The largest absolute Gasteiger partial charge is 0.308 e. The standard InChI is InChI=1S/C22H24N4OS.BrH/c1-16-20(21(27)19-10-7-15-28-19)26-18-9-4-3-8-17(18)25(22(26)23-16)14-13-24-11-5-2-6-12-24;/h3-4,7-10,15H,2,5-6,11-14H2,1H3;1H. The topological polar surface area (TPSA) is 42.5 Å². The number of ketones is 1. The molecular weight excluding hydrogens is 448 g/mol. The lowest BCUT2D eigenvalue weighted by Gasteiger charge is -2.26. The summed E-state index contributed by atoms with van der Waals surface area (Å²) in [6.07, 6.45) is 3.94. The van der Waals surface area contributed by atoms with Gasteiger partial charge in [-0.2, -0.15) is 0 Å². The minimum absolute atomic E-state index is 0. The Morgan fingerprint density at radius 1 is 1.03 bits per heavy atom. The smallest absolute Gasteiger partial charge is 0.221 e. The molecule has 0 amide bonds. The average molecular weight is 473 g/mol. The molecule has 5 rings (SSSR count). The monoisotopic (exact) mass is 472 g/mol. The number of para-hydroxylation sites is 2. The molecule has 4 heterocycles. The molecule has 0 aliphatic carbocycles. The third kappa shape index (κ3) is 3.56. The fourth-order valence-corrected chi connectivity index (χ4v) is 5.01. The first-order valence-electron chi connectivity index (χ1n) is 10.0. The zero-order chi connectivity index (χ0) is 19.1. The molecule has 1 aliphatic rings. The minimum Gasteiger partial charge on any atom is -0.308 e. The number of benzene rings is 1. The van der Waals surface area contributed by atoms with Crippen LogP contribution in [0.15, 0.2) is 41.8 Å². The number of halogens is 1. The number of hydrogen-bond donors (Lipinski definition) is 0. The maximum atomic E-state index is 13.2. The summed E-state index contributed by atoms with van der Waals surface area (Å²) >= 11 is 1.48. The molecule has 0 spiro atoms. The van der Waals surface area contributed by atoms with E-state index in [0.717, 1.165) is 40.5 Å². The van der Waals surface area contributed by atoms with E-state index >= 15 is 0 Å². The van der Waals surface area contributed by atoms with Crippen molar-refractivity contribution in [2.24, 2.45) is 0 Å². The van der Waals surface area contributed by atoms with Crippen molar-refractivity contribution in [1.29, 1.82) is 0 Å². The lowest BCUT2D eigenvalue weighted by molar-refractivity contribution is 0.103. The van der Waals surface area contributed by atoms with E-state index < -0.39 is 0 Å². The average Bonchev–Trinajstić information content (AvgIpc) is 3.43. The number of rotatable bonds is 5. The number of thiophene rings is 1. The summed E-state index contributed by atoms with van der Waals surface area (Å²) in [5.41, 5.74) is 3.68. The number of aryl methyl sites for hydroxylation is 1. The maximum Gasteiger partial charge on any atom is 0.221 e. The molecular formula is C22H25BrN4OS. The van der Waals surface area contributed by atoms with Crippen LogP contribution in [0, 0.1) is 6.92 Å². The molecule has 0 atom stereocenters. The van der Waals surface area contributed by atoms with Gasteiger partial charge in [-0.1, -0.05) is 24.6 Å². The summed E-state index contributed by atoms with van der Waals surface area (Å²) in [7, 11) is 0. The van der Waals surface area contributed by atoms with Crippen molar-refractivity contribution in [2.75, 3.05) is 19.6 Å². The molecule has 0 bridgehead atoms. The van der Waals surface area contributed by atoms with E-state index in [9.17, 15) is 4.79 Å². The van der Waals surface area contributed by atoms with Crippen LogP contribution in [0.3, 0.4) is 0 Å². The van der Waals surface area contributed by atoms with Crippen LogP contribution in [0.4, 0.5) is 0 Å². The van der Waals surface area contributed by atoms with Gasteiger partial charge in [-0.3, -0.25) is 9.20 Å². The van der Waals surface area contributed by atoms with Crippen molar-refractivity contribution in [2.45, 2.75) is 32.7 Å². The molecule has 0 N–H and O–H groups in total. The molecule has 1 fully saturated rings. The van der Waals surface area contributed by atoms with Gasteiger partial charge in [0, 0.05) is 13.1 Å². The van der Waals surface area contributed by atoms with Crippen LogP contribution in [0.2, 0.25) is 0 Å². The fourth-order valence-electron chi connectivity index (χ4n) is 4.35. The van der Waals surface area contributed by atoms with Gasteiger partial charge < -0.3 is 9.47 Å². The number of aromatic nitrogens is 3. The molecule has 0 radical (unpaired) electrons. The van der Waals surface area contributed by atoms with Crippen LogP contribution in [0.1, 0.15) is 40.3 Å². The van der Waals surface area contributed by atoms with Gasteiger partial charge in [0.2, 0.25) is 11.6 Å². The molecule has 152 valence electrons. The van der Waals surface area contributed by atoms with Gasteiger partial charge in [0.15, 0.2) is 0 Å². The van der Waals surface area contributed by atoms with E-state index in [1.165, 1.54) is 43.7 Å². The SMILES string of the molecule is Br.Cc1nc2n(CCN3CCCCC3)c3ccccc3n2c1C(=O)c1cccs1. The van der Waals surface area contributed by atoms with E-state index in [1.807, 2.05) is 30.5 Å². The van der Waals surface area contributed by atoms with Gasteiger partial charge in [-0.25, -0.2) is 4.98 Å². The van der Waals surface area contributed by atoms with Crippen molar-refractivity contribution in [1.82, 2.24) is 18.9 Å². The van der Waals surface area contributed by atoms with Gasteiger partial charge in [-0.15, -0.1) is 28.3 Å². The summed E-state index contributed by atoms with van der Waals surface area (Å²) in [6.45, 7) is 6.22. The molecule has 29 heavy (non-hydrogen) atoms. The number of imidazole rings is 2. The summed E-state index contributed by atoms with van der Waals surface area (Å²) in [5.74, 6) is 0.926. The highest BCUT2D eigenvalue weighted by molar-refractivity contribution is 8.93. The van der Waals surface area contributed by atoms with Crippen molar-refractivity contribution < 1.29 is 4.79 Å². The predicted molar refractivity (Wildman–Crippen MR) is 124 cm³/mol. The van der Waals surface area contributed by atoms with Crippen LogP contribution in [-0.2, 0) is 6.54 Å². The molecule has 3 aromatic heterocycles. The Balaban J connectivity index is 0.00000205. The first-order valence-corrected chi connectivity index (χ1v) is 10.9.